The molecule has 2 aromatic rings. The first-order chi connectivity index (χ1) is 9.63. The third kappa shape index (κ3) is 2.92. The predicted molar refractivity (Wildman–Crippen MR) is 77.4 cm³/mol. The number of non-ortho nitro benzene ring substituents is 1. The Hall–Kier alpha value is -2.46. The van der Waals surface area contributed by atoms with Crippen molar-refractivity contribution in [2.45, 2.75) is 12.0 Å². The second-order valence-electron chi connectivity index (χ2n) is 4.47. The summed E-state index contributed by atoms with van der Waals surface area (Å²) in [4.78, 5) is 10.3. The van der Waals surface area contributed by atoms with Crippen molar-refractivity contribution in [2.75, 3.05) is 0 Å². The molecule has 2 rings (SSSR count). The Balaban J connectivity index is 2.34. The molecule has 0 amide bonds. The standard InChI is InChI=1S/C16H15NO3/c1-2-15(12-7-4-3-5-8-12)16(18)13-9-6-10-14(11-13)17(19)20/h2-11,15-16,18H,1H2/t15-,16-/m0/s1. The van der Waals surface area contributed by atoms with Crippen LogP contribution in [0.15, 0.2) is 67.3 Å². The summed E-state index contributed by atoms with van der Waals surface area (Å²) in [5.41, 5.74) is 1.40. The lowest BCUT2D eigenvalue weighted by molar-refractivity contribution is -0.385. The van der Waals surface area contributed by atoms with E-state index >= 15 is 0 Å². The highest BCUT2D eigenvalue weighted by Gasteiger charge is 2.21. The van der Waals surface area contributed by atoms with Crippen molar-refractivity contribution in [3.63, 3.8) is 0 Å². The van der Waals surface area contributed by atoms with E-state index in [1.807, 2.05) is 30.3 Å². The van der Waals surface area contributed by atoms with Gasteiger partial charge in [0.1, 0.15) is 0 Å². The Morgan fingerprint density at radius 1 is 1.10 bits per heavy atom. The van der Waals surface area contributed by atoms with Crippen LogP contribution in [0.4, 0.5) is 5.69 Å². The number of nitrogens with zero attached hydrogens (tertiary/aromatic N) is 1. The van der Waals surface area contributed by atoms with Crippen LogP contribution in [-0.2, 0) is 0 Å². The molecule has 4 heteroatoms. The summed E-state index contributed by atoms with van der Waals surface area (Å²) < 4.78 is 0. The van der Waals surface area contributed by atoms with E-state index in [9.17, 15) is 15.2 Å². The van der Waals surface area contributed by atoms with Crippen LogP contribution in [0.5, 0.6) is 0 Å². The van der Waals surface area contributed by atoms with Gasteiger partial charge in [0.15, 0.2) is 0 Å². The van der Waals surface area contributed by atoms with Crippen molar-refractivity contribution in [3.05, 3.63) is 88.5 Å². The molecule has 0 bridgehead atoms. The van der Waals surface area contributed by atoms with E-state index in [-0.39, 0.29) is 11.6 Å². The number of aliphatic hydroxyl groups excluding tert-OH is 1. The van der Waals surface area contributed by atoms with Gasteiger partial charge in [-0.3, -0.25) is 10.1 Å². The normalized spacial score (nSPS) is 13.4. The second-order valence-corrected chi connectivity index (χ2v) is 4.47. The smallest absolute Gasteiger partial charge is 0.269 e. The first-order valence-corrected chi connectivity index (χ1v) is 6.23. The average Bonchev–Trinajstić information content (AvgIpc) is 2.49. The van der Waals surface area contributed by atoms with E-state index in [1.54, 1.807) is 18.2 Å². The zero-order valence-electron chi connectivity index (χ0n) is 10.8. The van der Waals surface area contributed by atoms with Gasteiger partial charge in [-0.1, -0.05) is 48.5 Å². The van der Waals surface area contributed by atoms with Crippen molar-refractivity contribution in [1.82, 2.24) is 0 Å². The molecular weight excluding hydrogens is 254 g/mol. The molecular formula is C16H15NO3. The highest BCUT2D eigenvalue weighted by atomic mass is 16.6. The molecule has 2 aromatic carbocycles. The highest BCUT2D eigenvalue weighted by Crippen LogP contribution is 2.32. The molecule has 2 atom stereocenters. The van der Waals surface area contributed by atoms with Gasteiger partial charge < -0.3 is 5.11 Å². The van der Waals surface area contributed by atoms with Gasteiger partial charge in [0.05, 0.1) is 11.0 Å². The van der Waals surface area contributed by atoms with E-state index in [0.29, 0.717) is 5.56 Å². The molecule has 0 fully saturated rings. The molecule has 4 nitrogen and oxygen atoms in total. The maximum absolute atomic E-state index is 10.8. The minimum atomic E-state index is -0.866. The molecule has 1 N–H and O–H groups in total. The van der Waals surface area contributed by atoms with Crippen LogP contribution < -0.4 is 0 Å². The lowest BCUT2D eigenvalue weighted by Crippen LogP contribution is -2.09. The summed E-state index contributed by atoms with van der Waals surface area (Å²) >= 11 is 0. The van der Waals surface area contributed by atoms with Crippen molar-refractivity contribution in [2.24, 2.45) is 0 Å². The van der Waals surface area contributed by atoms with Gasteiger partial charge >= 0.3 is 0 Å². The maximum Gasteiger partial charge on any atom is 0.269 e. The zero-order chi connectivity index (χ0) is 14.5. The van der Waals surface area contributed by atoms with Crippen LogP contribution in [0.2, 0.25) is 0 Å². The fourth-order valence-corrected chi connectivity index (χ4v) is 2.15. The van der Waals surface area contributed by atoms with Gasteiger partial charge in [0.2, 0.25) is 0 Å². The Morgan fingerprint density at radius 3 is 2.35 bits per heavy atom. The summed E-state index contributed by atoms with van der Waals surface area (Å²) in [7, 11) is 0. The van der Waals surface area contributed by atoms with Crippen LogP contribution in [0, 0.1) is 10.1 Å². The molecule has 0 saturated carbocycles. The predicted octanol–water partition coefficient (Wildman–Crippen LogP) is 3.60. The number of hydrogen-bond acceptors (Lipinski definition) is 3. The minimum absolute atomic E-state index is 0.0302. The lowest BCUT2D eigenvalue weighted by Gasteiger charge is -2.20. The molecule has 0 aliphatic carbocycles. The van der Waals surface area contributed by atoms with E-state index < -0.39 is 11.0 Å². The molecule has 0 heterocycles. The first kappa shape index (κ1) is 14.0. The van der Waals surface area contributed by atoms with Crippen LogP contribution in [-0.4, -0.2) is 10.0 Å². The summed E-state index contributed by atoms with van der Waals surface area (Å²) in [6.45, 7) is 3.75. The number of aliphatic hydroxyl groups is 1. The largest absolute Gasteiger partial charge is 0.387 e. The van der Waals surface area contributed by atoms with Crippen LogP contribution in [0.3, 0.4) is 0 Å². The summed E-state index contributed by atoms with van der Waals surface area (Å²) in [6.07, 6.45) is 0.786. The maximum atomic E-state index is 10.8. The van der Waals surface area contributed by atoms with Gasteiger partial charge in [-0.05, 0) is 11.1 Å². The van der Waals surface area contributed by atoms with Crippen molar-refractivity contribution < 1.29 is 10.0 Å². The SMILES string of the molecule is C=C[C@@H](c1ccccc1)[C@@H](O)c1cccc([N+](=O)[O-])c1. The summed E-state index contributed by atoms with van der Waals surface area (Å²) in [5.74, 6) is -0.307. The first-order valence-electron chi connectivity index (χ1n) is 6.23. The quantitative estimate of drug-likeness (QED) is 0.512. The molecule has 102 valence electrons. The van der Waals surface area contributed by atoms with Crippen molar-refractivity contribution >= 4 is 5.69 Å². The topological polar surface area (TPSA) is 63.4 Å². The van der Waals surface area contributed by atoms with E-state index in [0.717, 1.165) is 5.56 Å². The van der Waals surface area contributed by atoms with Crippen LogP contribution in [0.1, 0.15) is 23.1 Å². The zero-order valence-corrected chi connectivity index (χ0v) is 10.8. The van der Waals surface area contributed by atoms with E-state index in [4.69, 9.17) is 0 Å². The number of hydrogen-bond donors (Lipinski definition) is 1. The second kappa shape index (κ2) is 6.12. The van der Waals surface area contributed by atoms with Crippen molar-refractivity contribution in [3.8, 4) is 0 Å². The molecule has 0 saturated heterocycles. The highest BCUT2D eigenvalue weighted by molar-refractivity contribution is 5.38. The average molecular weight is 269 g/mol. The minimum Gasteiger partial charge on any atom is -0.387 e. The fourth-order valence-electron chi connectivity index (χ4n) is 2.15. The molecule has 0 aromatic heterocycles. The van der Waals surface area contributed by atoms with E-state index in [1.165, 1.54) is 12.1 Å². The fraction of sp³-hybridized carbons (Fsp3) is 0.125. The monoisotopic (exact) mass is 269 g/mol. The van der Waals surface area contributed by atoms with Gasteiger partial charge in [-0.2, -0.15) is 0 Å². The summed E-state index contributed by atoms with van der Waals surface area (Å²) in [5, 5.41) is 21.2. The van der Waals surface area contributed by atoms with Gasteiger partial charge in [-0.25, -0.2) is 0 Å². The Labute approximate surface area is 117 Å². The molecule has 0 unspecified atom stereocenters. The number of nitro benzene ring substituents is 1. The molecule has 0 aliphatic rings. The van der Waals surface area contributed by atoms with Crippen molar-refractivity contribution in [1.29, 1.82) is 0 Å². The van der Waals surface area contributed by atoms with Gasteiger partial charge in [-0.15, -0.1) is 6.58 Å². The van der Waals surface area contributed by atoms with Gasteiger partial charge in [0.25, 0.3) is 5.69 Å². The number of benzene rings is 2. The summed E-state index contributed by atoms with van der Waals surface area (Å²) in [6, 6.07) is 15.5. The molecule has 0 radical (unpaired) electrons. The van der Waals surface area contributed by atoms with Crippen LogP contribution >= 0.6 is 0 Å². The number of rotatable bonds is 5. The number of nitro groups is 1. The van der Waals surface area contributed by atoms with E-state index in [2.05, 4.69) is 6.58 Å². The van der Waals surface area contributed by atoms with Gasteiger partial charge in [0, 0.05) is 18.1 Å². The molecule has 20 heavy (non-hydrogen) atoms. The molecule has 0 spiro atoms. The van der Waals surface area contributed by atoms with Crippen LogP contribution in [0.25, 0.3) is 0 Å². The third-order valence-electron chi connectivity index (χ3n) is 3.20. The third-order valence-corrected chi connectivity index (χ3v) is 3.20. The Morgan fingerprint density at radius 2 is 1.75 bits per heavy atom. The Bertz CT molecular complexity index is 610. The Kier molecular flexibility index (Phi) is 4.27. The molecule has 0 aliphatic heterocycles. The lowest BCUT2D eigenvalue weighted by atomic mass is 9.89.